The van der Waals surface area contributed by atoms with Crippen LogP contribution in [0.15, 0.2) is 0 Å². The molecule has 0 aliphatic carbocycles. The molecule has 0 spiro atoms. The number of alkyl halides is 5. The summed E-state index contributed by atoms with van der Waals surface area (Å²) in [5, 5.41) is 0. The van der Waals surface area contributed by atoms with Crippen LogP contribution in [0.1, 0.15) is 26.7 Å². The molecule has 1 rings (SSSR count). The second kappa shape index (κ2) is 7.33. The van der Waals surface area contributed by atoms with Gasteiger partial charge in [-0.25, -0.2) is 8.78 Å². The lowest BCUT2D eigenvalue weighted by atomic mass is 9.80. The van der Waals surface area contributed by atoms with Crippen molar-refractivity contribution < 1.29 is 44.1 Å². The Balaban J connectivity index is 0.000000401. The lowest BCUT2D eigenvalue weighted by Crippen LogP contribution is -2.53. The Bertz CT molecular complexity index is 320. The Morgan fingerprint density at radius 3 is 1.59 bits per heavy atom. The third-order valence-electron chi connectivity index (χ3n) is 3.73. The van der Waals surface area contributed by atoms with Gasteiger partial charge in [0.05, 0.1) is 19.1 Å². The summed E-state index contributed by atoms with van der Waals surface area (Å²) >= 11 is 0. The standard InChI is InChI=1S/C9H20NO.C2BF8/c1-9(2)10(8-11-3)6-4-5-7-10;4-1(5,2(6,7)8)3(9,10)11/h9H,4-8H2,1-3H3;/q+1;-1. The molecular weight excluding hydrogens is 325 g/mol. The van der Waals surface area contributed by atoms with Crippen LogP contribution < -0.4 is 0 Å². The highest BCUT2D eigenvalue weighted by molar-refractivity contribution is 6.61. The molecule has 2 nitrogen and oxygen atoms in total. The van der Waals surface area contributed by atoms with E-state index in [0.29, 0.717) is 0 Å². The molecule has 1 heterocycles. The molecule has 0 aromatic heterocycles. The number of methoxy groups -OCH3 is 1. The molecule has 0 unspecified atom stereocenters. The first-order chi connectivity index (χ1) is 9.71. The van der Waals surface area contributed by atoms with E-state index in [1.165, 1.54) is 30.4 Å². The monoisotopic (exact) mass is 345 g/mol. The number of nitrogens with zero attached hydrogens (tertiary/aromatic N) is 1. The van der Waals surface area contributed by atoms with Crippen LogP contribution in [0.25, 0.3) is 0 Å². The number of quaternary nitrogens is 1. The van der Waals surface area contributed by atoms with Crippen molar-refractivity contribution in [3.05, 3.63) is 0 Å². The maximum absolute atomic E-state index is 11.2. The van der Waals surface area contributed by atoms with Crippen LogP contribution in [0.4, 0.5) is 34.9 Å². The lowest BCUT2D eigenvalue weighted by Gasteiger charge is -2.37. The van der Waals surface area contributed by atoms with Crippen LogP contribution >= 0.6 is 0 Å². The quantitative estimate of drug-likeness (QED) is 0.422. The molecule has 0 amide bonds. The molecule has 0 bridgehead atoms. The van der Waals surface area contributed by atoms with E-state index in [-0.39, 0.29) is 0 Å². The Hall–Kier alpha value is -0.575. The molecule has 0 atom stereocenters. The second-order valence-corrected chi connectivity index (χ2v) is 5.58. The van der Waals surface area contributed by atoms with Crippen LogP contribution in [0.2, 0.25) is 0 Å². The van der Waals surface area contributed by atoms with E-state index in [2.05, 4.69) is 13.8 Å². The van der Waals surface area contributed by atoms with Gasteiger partial charge in [-0.3, -0.25) is 4.48 Å². The van der Waals surface area contributed by atoms with Crippen molar-refractivity contribution in [1.29, 1.82) is 0 Å². The molecule has 0 aromatic carbocycles. The summed E-state index contributed by atoms with van der Waals surface area (Å²) in [6.07, 6.45) is -3.80. The van der Waals surface area contributed by atoms with Crippen molar-refractivity contribution in [1.82, 2.24) is 0 Å². The average Bonchev–Trinajstić information content (AvgIpc) is 2.77. The summed E-state index contributed by atoms with van der Waals surface area (Å²) in [6, 6.07) is 0.720. The van der Waals surface area contributed by atoms with Crippen molar-refractivity contribution in [3.8, 4) is 0 Å². The smallest absolute Gasteiger partial charge is 0.445 e. The average molecular weight is 345 g/mol. The predicted molar refractivity (Wildman–Crippen MR) is 66.3 cm³/mol. The summed E-state index contributed by atoms with van der Waals surface area (Å²) in [5.74, 6) is -6.56. The van der Waals surface area contributed by atoms with Gasteiger partial charge in [0.15, 0.2) is 6.73 Å². The first kappa shape index (κ1) is 21.4. The highest BCUT2D eigenvalue weighted by atomic mass is 19.4. The number of likely N-dealkylation sites (tertiary alicyclic amines) is 1. The molecular formula is C11H20BF8NO. The van der Waals surface area contributed by atoms with Crippen LogP contribution in [0.5, 0.6) is 0 Å². The molecule has 1 fully saturated rings. The molecule has 1 aliphatic heterocycles. The zero-order chi connectivity index (χ0) is 17.8. The maximum Gasteiger partial charge on any atom is 0.558 e. The van der Waals surface area contributed by atoms with Crippen LogP contribution in [0, 0.1) is 0 Å². The van der Waals surface area contributed by atoms with Crippen LogP contribution in [-0.4, -0.2) is 56.4 Å². The summed E-state index contributed by atoms with van der Waals surface area (Å²) in [4.78, 5) is 0. The van der Waals surface area contributed by atoms with Crippen LogP contribution in [0.3, 0.4) is 0 Å². The molecule has 0 N–H and O–H groups in total. The lowest BCUT2D eigenvalue weighted by molar-refractivity contribution is -0.953. The van der Waals surface area contributed by atoms with Crippen molar-refractivity contribution in [2.45, 2.75) is 44.7 Å². The van der Waals surface area contributed by atoms with Crippen molar-refractivity contribution in [3.63, 3.8) is 0 Å². The van der Waals surface area contributed by atoms with Crippen molar-refractivity contribution in [2.75, 3.05) is 26.9 Å². The summed E-state index contributed by atoms with van der Waals surface area (Å²) < 4.78 is 94.3. The van der Waals surface area contributed by atoms with Gasteiger partial charge in [0, 0.05) is 20.0 Å². The minimum absolute atomic E-state index is 0.720. The van der Waals surface area contributed by atoms with Crippen molar-refractivity contribution in [2.24, 2.45) is 0 Å². The number of hydrogen-bond donors (Lipinski definition) is 0. The molecule has 22 heavy (non-hydrogen) atoms. The normalized spacial score (nSPS) is 19.1. The summed E-state index contributed by atoms with van der Waals surface area (Å²) in [7, 11) is 1.81. The minimum Gasteiger partial charge on any atom is -0.445 e. The van der Waals surface area contributed by atoms with E-state index in [0.717, 1.165) is 12.8 Å². The first-order valence-corrected chi connectivity index (χ1v) is 6.70. The van der Waals surface area contributed by atoms with Gasteiger partial charge in [-0.15, -0.1) is 0 Å². The number of rotatable bonds is 4. The highest BCUT2D eigenvalue weighted by Crippen LogP contribution is 2.44. The van der Waals surface area contributed by atoms with Gasteiger partial charge in [0.2, 0.25) is 0 Å². The molecule has 0 saturated carbocycles. The molecule has 1 aliphatic rings. The highest BCUT2D eigenvalue weighted by Gasteiger charge is 2.69. The fourth-order valence-corrected chi connectivity index (χ4v) is 2.20. The zero-order valence-corrected chi connectivity index (χ0v) is 12.6. The minimum atomic E-state index is -7.21. The van der Waals surface area contributed by atoms with Gasteiger partial charge in [-0.2, -0.15) is 13.2 Å². The van der Waals surface area contributed by atoms with Gasteiger partial charge in [0.1, 0.15) is 0 Å². The Labute approximate surface area is 124 Å². The number of halogens is 8. The Morgan fingerprint density at radius 2 is 1.41 bits per heavy atom. The topological polar surface area (TPSA) is 9.23 Å². The predicted octanol–water partition coefficient (Wildman–Crippen LogP) is 4.18. The molecule has 1 saturated heterocycles. The van der Waals surface area contributed by atoms with Gasteiger partial charge in [0.25, 0.3) is 0 Å². The summed E-state index contributed by atoms with van der Waals surface area (Å²) in [5.41, 5.74) is 0. The molecule has 0 aromatic rings. The fourth-order valence-electron chi connectivity index (χ4n) is 2.20. The van der Waals surface area contributed by atoms with Crippen LogP contribution in [-0.2, 0) is 4.74 Å². The second-order valence-electron chi connectivity index (χ2n) is 5.58. The fraction of sp³-hybridized carbons (Fsp3) is 1.00. The molecule has 134 valence electrons. The molecule has 0 radical (unpaired) electrons. The van der Waals surface area contributed by atoms with Gasteiger partial charge < -0.3 is 17.7 Å². The Morgan fingerprint density at radius 1 is 1.00 bits per heavy atom. The largest absolute Gasteiger partial charge is 0.558 e. The molecule has 11 heteroatoms. The third kappa shape index (κ3) is 4.97. The van der Waals surface area contributed by atoms with E-state index in [1.54, 1.807) is 7.11 Å². The third-order valence-corrected chi connectivity index (χ3v) is 3.73. The van der Waals surface area contributed by atoms with Gasteiger partial charge >= 0.3 is 19.0 Å². The first-order valence-electron chi connectivity index (χ1n) is 6.70. The Kier molecular flexibility index (Phi) is 7.14. The number of hydrogen-bond acceptors (Lipinski definition) is 1. The van der Waals surface area contributed by atoms with E-state index in [9.17, 15) is 34.9 Å². The number of ether oxygens (including phenoxy) is 1. The van der Waals surface area contributed by atoms with E-state index < -0.39 is 19.0 Å². The van der Waals surface area contributed by atoms with Gasteiger partial charge in [-0.05, 0) is 13.8 Å². The SMILES string of the molecule is COC[N+]1(C(C)C)CCCC1.F[B-](F)(F)C(F)(F)C(F)(F)F. The van der Waals surface area contributed by atoms with E-state index >= 15 is 0 Å². The summed E-state index contributed by atoms with van der Waals surface area (Å²) in [6.45, 7) is 0.906. The van der Waals surface area contributed by atoms with E-state index in [4.69, 9.17) is 4.74 Å². The van der Waals surface area contributed by atoms with E-state index in [1.807, 2.05) is 0 Å². The van der Waals surface area contributed by atoms with Gasteiger partial charge in [-0.1, -0.05) is 0 Å². The van der Waals surface area contributed by atoms with Crippen molar-refractivity contribution >= 4 is 6.98 Å². The zero-order valence-electron chi connectivity index (χ0n) is 12.6. The maximum atomic E-state index is 11.2.